The number of pyridine rings is 1. The van der Waals surface area contributed by atoms with Crippen LogP contribution in [0.5, 0.6) is 0 Å². The fraction of sp³-hybridized carbons (Fsp3) is 0. The second kappa shape index (κ2) is 9.45. The van der Waals surface area contributed by atoms with Gasteiger partial charge in [-0.1, -0.05) is 78.9 Å². The second-order valence-corrected chi connectivity index (χ2v) is 9.66. The predicted molar refractivity (Wildman–Crippen MR) is 160 cm³/mol. The van der Waals surface area contributed by atoms with E-state index in [2.05, 4.69) is 137 Å². The maximum Gasteiger partial charge on any atom is 0.101 e. The van der Waals surface area contributed by atoms with E-state index < -0.39 is 0 Å². The lowest BCUT2D eigenvalue weighted by Gasteiger charge is -2.09. The number of rotatable bonds is 4. The molecular formula is C36H23N3. The standard InChI is InChI=1S/C36H23N3/c37-22-25-18-31(24-38-23-25)28-11-7-10-27(19-28)30-15-17-36-34(21-30)33-20-29(26-8-3-1-4-9-26)14-16-35(33)39(36)32-12-5-2-6-13-32/h1-21,23-24H. The lowest BCUT2D eigenvalue weighted by Crippen LogP contribution is -1.93. The molecule has 0 radical (unpaired) electrons. The summed E-state index contributed by atoms with van der Waals surface area (Å²) in [6, 6.07) is 47.1. The normalized spacial score (nSPS) is 11.1. The first-order chi connectivity index (χ1) is 19.3. The van der Waals surface area contributed by atoms with E-state index in [4.69, 9.17) is 0 Å². The molecular weight excluding hydrogens is 474 g/mol. The van der Waals surface area contributed by atoms with Crippen LogP contribution >= 0.6 is 0 Å². The van der Waals surface area contributed by atoms with Crippen molar-refractivity contribution in [3.8, 4) is 45.1 Å². The van der Waals surface area contributed by atoms with Gasteiger partial charge in [-0.25, -0.2) is 0 Å². The van der Waals surface area contributed by atoms with Gasteiger partial charge in [0.1, 0.15) is 6.07 Å². The van der Waals surface area contributed by atoms with Gasteiger partial charge < -0.3 is 4.57 Å². The maximum absolute atomic E-state index is 9.31. The SMILES string of the molecule is N#Cc1cncc(-c2cccc(-c3ccc4c(c3)c3cc(-c5ccccc5)ccc3n4-c3ccccc3)c2)c1. The summed E-state index contributed by atoms with van der Waals surface area (Å²) in [6.07, 6.45) is 3.40. The molecule has 0 aliphatic heterocycles. The number of benzene rings is 5. The molecule has 0 amide bonds. The van der Waals surface area contributed by atoms with E-state index in [1.807, 2.05) is 12.3 Å². The van der Waals surface area contributed by atoms with E-state index in [1.54, 1.807) is 6.20 Å². The van der Waals surface area contributed by atoms with E-state index in [0.717, 1.165) is 27.9 Å². The van der Waals surface area contributed by atoms with E-state index in [-0.39, 0.29) is 0 Å². The Morgan fingerprint density at radius 2 is 1.05 bits per heavy atom. The van der Waals surface area contributed by atoms with Gasteiger partial charge in [0.05, 0.1) is 16.6 Å². The lowest BCUT2D eigenvalue weighted by atomic mass is 9.97. The first-order valence-electron chi connectivity index (χ1n) is 12.9. The summed E-state index contributed by atoms with van der Waals surface area (Å²) in [5, 5.41) is 11.7. The smallest absolute Gasteiger partial charge is 0.101 e. The van der Waals surface area contributed by atoms with Crippen LogP contribution in [0.2, 0.25) is 0 Å². The van der Waals surface area contributed by atoms with Gasteiger partial charge >= 0.3 is 0 Å². The van der Waals surface area contributed by atoms with Crippen molar-refractivity contribution < 1.29 is 0 Å². The van der Waals surface area contributed by atoms with Crippen molar-refractivity contribution in [1.29, 1.82) is 5.26 Å². The van der Waals surface area contributed by atoms with Gasteiger partial charge in [0, 0.05) is 34.4 Å². The fourth-order valence-corrected chi connectivity index (χ4v) is 5.41. The molecule has 3 heteroatoms. The summed E-state index contributed by atoms with van der Waals surface area (Å²) in [5.41, 5.74) is 10.7. The third-order valence-corrected chi connectivity index (χ3v) is 7.28. The second-order valence-electron chi connectivity index (χ2n) is 9.66. The Kier molecular flexibility index (Phi) is 5.50. The molecule has 0 unspecified atom stereocenters. The summed E-state index contributed by atoms with van der Waals surface area (Å²) in [5.74, 6) is 0. The van der Waals surface area contributed by atoms with Gasteiger partial charge in [-0.3, -0.25) is 4.98 Å². The van der Waals surface area contributed by atoms with Crippen LogP contribution in [0.1, 0.15) is 5.56 Å². The number of nitrogens with zero attached hydrogens (tertiary/aromatic N) is 3. The highest BCUT2D eigenvalue weighted by atomic mass is 15.0. The summed E-state index contributed by atoms with van der Waals surface area (Å²) >= 11 is 0. The van der Waals surface area contributed by atoms with Crippen LogP contribution in [-0.4, -0.2) is 9.55 Å². The molecule has 0 atom stereocenters. The Bertz CT molecular complexity index is 2010. The minimum absolute atomic E-state index is 0.558. The number of aromatic nitrogens is 2. The Hall–Kier alpha value is -5.46. The highest BCUT2D eigenvalue weighted by molar-refractivity contribution is 6.11. The van der Waals surface area contributed by atoms with Crippen LogP contribution < -0.4 is 0 Å². The number of nitriles is 1. The molecule has 5 aromatic carbocycles. The van der Waals surface area contributed by atoms with Crippen LogP contribution in [0.4, 0.5) is 0 Å². The van der Waals surface area contributed by atoms with E-state index >= 15 is 0 Å². The Morgan fingerprint density at radius 3 is 1.72 bits per heavy atom. The van der Waals surface area contributed by atoms with Crippen LogP contribution in [0.15, 0.2) is 140 Å². The van der Waals surface area contributed by atoms with Gasteiger partial charge in [-0.05, 0) is 76.3 Å². The highest BCUT2D eigenvalue weighted by Crippen LogP contribution is 2.37. The van der Waals surface area contributed by atoms with E-state index in [1.165, 1.54) is 32.9 Å². The summed E-state index contributed by atoms with van der Waals surface area (Å²) in [4.78, 5) is 4.25. The molecule has 2 heterocycles. The first-order valence-corrected chi connectivity index (χ1v) is 12.9. The average Bonchev–Trinajstić information content (AvgIpc) is 3.35. The lowest BCUT2D eigenvalue weighted by molar-refractivity contribution is 1.18. The molecule has 0 saturated heterocycles. The predicted octanol–water partition coefficient (Wildman–Crippen LogP) is 9.05. The Labute approximate surface area is 226 Å². The topological polar surface area (TPSA) is 41.6 Å². The Balaban J connectivity index is 1.43. The number of fused-ring (bicyclic) bond motifs is 3. The minimum atomic E-state index is 0.558. The van der Waals surface area contributed by atoms with Gasteiger partial charge in [-0.15, -0.1) is 0 Å². The molecule has 0 saturated carbocycles. The quantitative estimate of drug-likeness (QED) is 0.243. The molecule has 182 valence electrons. The molecule has 0 aliphatic carbocycles. The monoisotopic (exact) mass is 497 g/mol. The molecule has 0 bridgehead atoms. The zero-order valence-corrected chi connectivity index (χ0v) is 21.1. The van der Waals surface area contributed by atoms with Crippen molar-refractivity contribution >= 4 is 21.8 Å². The molecule has 3 nitrogen and oxygen atoms in total. The molecule has 39 heavy (non-hydrogen) atoms. The van der Waals surface area contributed by atoms with E-state index in [9.17, 15) is 5.26 Å². The van der Waals surface area contributed by atoms with Gasteiger partial charge in [0.2, 0.25) is 0 Å². The van der Waals surface area contributed by atoms with Gasteiger partial charge in [0.15, 0.2) is 0 Å². The molecule has 0 N–H and O–H groups in total. The zero-order chi connectivity index (χ0) is 26.2. The van der Waals surface area contributed by atoms with Crippen molar-refractivity contribution in [2.24, 2.45) is 0 Å². The summed E-state index contributed by atoms with van der Waals surface area (Å²) in [6.45, 7) is 0. The van der Waals surface area contributed by atoms with Crippen molar-refractivity contribution in [3.63, 3.8) is 0 Å². The number of hydrogen-bond donors (Lipinski definition) is 0. The van der Waals surface area contributed by atoms with E-state index in [0.29, 0.717) is 5.56 Å². The van der Waals surface area contributed by atoms with Gasteiger partial charge in [0.25, 0.3) is 0 Å². The largest absolute Gasteiger partial charge is 0.309 e. The van der Waals surface area contributed by atoms with Crippen LogP contribution in [0.25, 0.3) is 60.9 Å². The molecule has 7 rings (SSSR count). The molecule has 7 aromatic rings. The molecule has 0 aliphatic rings. The van der Waals surface area contributed by atoms with Crippen molar-refractivity contribution in [3.05, 3.63) is 145 Å². The average molecular weight is 498 g/mol. The maximum atomic E-state index is 9.31. The van der Waals surface area contributed by atoms with Gasteiger partial charge in [-0.2, -0.15) is 5.26 Å². The van der Waals surface area contributed by atoms with Crippen molar-refractivity contribution in [2.75, 3.05) is 0 Å². The fourth-order valence-electron chi connectivity index (χ4n) is 5.41. The van der Waals surface area contributed by atoms with Crippen molar-refractivity contribution in [1.82, 2.24) is 9.55 Å². The third kappa shape index (κ3) is 4.05. The zero-order valence-electron chi connectivity index (χ0n) is 21.1. The molecule has 0 fully saturated rings. The van der Waals surface area contributed by atoms with Crippen LogP contribution in [0.3, 0.4) is 0 Å². The third-order valence-electron chi connectivity index (χ3n) is 7.28. The minimum Gasteiger partial charge on any atom is -0.309 e. The van der Waals surface area contributed by atoms with Crippen LogP contribution in [-0.2, 0) is 0 Å². The summed E-state index contributed by atoms with van der Waals surface area (Å²) in [7, 11) is 0. The number of hydrogen-bond acceptors (Lipinski definition) is 2. The van der Waals surface area contributed by atoms with Crippen LogP contribution in [0, 0.1) is 11.3 Å². The summed E-state index contributed by atoms with van der Waals surface area (Å²) < 4.78 is 2.35. The number of para-hydroxylation sites is 1. The van der Waals surface area contributed by atoms with Crippen molar-refractivity contribution in [2.45, 2.75) is 0 Å². The molecule has 0 spiro atoms. The molecule has 2 aromatic heterocycles. The first kappa shape index (κ1) is 22.7. The Morgan fingerprint density at radius 1 is 0.487 bits per heavy atom. The highest BCUT2D eigenvalue weighted by Gasteiger charge is 2.15.